The van der Waals surface area contributed by atoms with Gasteiger partial charge in [0, 0.05) is 24.7 Å². The molecule has 0 bridgehead atoms. The lowest BCUT2D eigenvalue weighted by Gasteiger charge is -2.42. The lowest BCUT2D eigenvalue weighted by Crippen LogP contribution is -2.55. The number of para-hydroxylation sites is 1. The third kappa shape index (κ3) is 3.21. The number of likely N-dealkylation sites (tertiary alicyclic amines) is 1. The van der Waals surface area contributed by atoms with Gasteiger partial charge >= 0.3 is 0 Å². The highest BCUT2D eigenvalue weighted by atomic mass is 16.7. The minimum absolute atomic E-state index is 0.00293. The average molecular weight is 330 g/mol. The number of rotatable bonds is 3. The Labute approximate surface area is 143 Å². The SMILES string of the molecule is O=C1[C@@H](N2CCC[C@@H](C3OCCO3)C2)CCCN1c1ccccc1. The summed E-state index contributed by atoms with van der Waals surface area (Å²) in [5.41, 5.74) is 1.02. The van der Waals surface area contributed by atoms with E-state index >= 15 is 0 Å². The van der Waals surface area contributed by atoms with Crippen LogP contribution in [0.1, 0.15) is 25.7 Å². The molecule has 0 aromatic heterocycles. The monoisotopic (exact) mass is 330 g/mol. The number of carbonyl (C=O) groups excluding carboxylic acids is 1. The normalized spacial score (nSPS) is 30.0. The molecule has 1 amide bonds. The van der Waals surface area contributed by atoms with Crippen LogP contribution < -0.4 is 4.90 Å². The zero-order valence-corrected chi connectivity index (χ0v) is 14.1. The predicted octanol–water partition coefficient (Wildman–Crippen LogP) is 2.27. The molecule has 5 heteroatoms. The van der Waals surface area contributed by atoms with Crippen molar-refractivity contribution < 1.29 is 14.3 Å². The third-order valence-corrected chi connectivity index (χ3v) is 5.44. The molecule has 24 heavy (non-hydrogen) atoms. The molecule has 130 valence electrons. The summed E-state index contributed by atoms with van der Waals surface area (Å²) >= 11 is 0. The Balaban J connectivity index is 1.45. The van der Waals surface area contributed by atoms with E-state index in [4.69, 9.17) is 9.47 Å². The third-order valence-electron chi connectivity index (χ3n) is 5.44. The van der Waals surface area contributed by atoms with Crippen molar-refractivity contribution in [2.24, 2.45) is 5.92 Å². The van der Waals surface area contributed by atoms with Gasteiger partial charge in [0.2, 0.25) is 5.91 Å². The summed E-state index contributed by atoms with van der Waals surface area (Å²) in [6, 6.07) is 10.0. The average Bonchev–Trinajstić information content (AvgIpc) is 3.18. The Morgan fingerprint density at radius 1 is 0.958 bits per heavy atom. The highest BCUT2D eigenvalue weighted by molar-refractivity contribution is 5.97. The van der Waals surface area contributed by atoms with Gasteiger partial charge in [-0.05, 0) is 44.4 Å². The van der Waals surface area contributed by atoms with Crippen molar-refractivity contribution in [2.45, 2.75) is 38.0 Å². The second-order valence-electron chi connectivity index (χ2n) is 6.99. The molecular weight excluding hydrogens is 304 g/mol. The molecule has 0 saturated carbocycles. The van der Waals surface area contributed by atoms with Gasteiger partial charge in [0.25, 0.3) is 0 Å². The van der Waals surface area contributed by atoms with Crippen LogP contribution in [0.15, 0.2) is 30.3 Å². The van der Waals surface area contributed by atoms with Crippen LogP contribution in [0.25, 0.3) is 0 Å². The second kappa shape index (κ2) is 7.21. The van der Waals surface area contributed by atoms with E-state index in [1.807, 2.05) is 35.2 Å². The van der Waals surface area contributed by atoms with Crippen LogP contribution in [0.4, 0.5) is 5.69 Å². The van der Waals surface area contributed by atoms with E-state index in [9.17, 15) is 4.79 Å². The number of anilines is 1. The number of carbonyl (C=O) groups is 1. The van der Waals surface area contributed by atoms with Crippen LogP contribution in [-0.2, 0) is 14.3 Å². The van der Waals surface area contributed by atoms with Crippen molar-refractivity contribution in [3.05, 3.63) is 30.3 Å². The van der Waals surface area contributed by atoms with E-state index in [0.717, 1.165) is 51.0 Å². The Kier molecular flexibility index (Phi) is 4.83. The first-order valence-corrected chi connectivity index (χ1v) is 9.16. The van der Waals surface area contributed by atoms with Gasteiger partial charge in [-0.15, -0.1) is 0 Å². The smallest absolute Gasteiger partial charge is 0.244 e. The van der Waals surface area contributed by atoms with E-state index in [1.54, 1.807) is 0 Å². The van der Waals surface area contributed by atoms with Gasteiger partial charge in [0.05, 0.1) is 19.3 Å². The summed E-state index contributed by atoms with van der Waals surface area (Å²) in [7, 11) is 0. The van der Waals surface area contributed by atoms with Crippen LogP contribution in [0.3, 0.4) is 0 Å². The van der Waals surface area contributed by atoms with Gasteiger partial charge in [-0.3, -0.25) is 9.69 Å². The van der Waals surface area contributed by atoms with Crippen molar-refractivity contribution in [3.8, 4) is 0 Å². The van der Waals surface area contributed by atoms with Crippen LogP contribution in [0.2, 0.25) is 0 Å². The fourth-order valence-corrected chi connectivity index (χ4v) is 4.25. The van der Waals surface area contributed by atoms with Gasteiger partial charge in [-0.2, -0.15) is 0 Å². The van der Waals surface area contributed by atoms with Crippen LogP contribution >= 0.6 is 0 Å². The quantitative estimate of drug-likeness (QED) is 0.853. The minimum Gasteiger partial charge on any atom is -0.350 e. The highest BCUT2D eigenvalue weighted by Crippen LogP contribution is 2.30. The molecule has 3 fully saturated rings. The van der Waals surface area contributed by atoms with Crippen LogP contribution in [-0.4, -0.2) is 56.0 Å². The summed E-state index contributed by atoms with van der Waals surface area (Å²) in [5.74, 6) is 0.641. The molecule has 0 radical (unpaired) electrons. The van der Waals surface area contributed by atoms with E-state index in [2.05, 4.69) is 4.90 Å². The Bertz CT molecular complexity index is 559. The van der Waals surface area contributed by atoms with Crippen molar-refractivity contribution in [3.63, 3.8) is 0 Å². The summed E-state index contributed by atoms with van der Waals surface area (Å²) in [6.45, 7) is 4.13. The molecule has 3 saturated heterocycles. The number of ether oxygens (including phenoxy) is 2. The van der Waals surface area contributed by atoms with E-state index < -0.39 is 0 Å². The molecule has 0 N–H and O–H groups in total. The number of piperidine rings is 2. The number of nitrogens with zero attached hydrogens (tertiary/aromatic N) is 2. The van der Waals surface area contributed by atoms with Gasteiger partial charge in [-0.1, -0.05) is 18.2 Å². The molecule has 0 unspecified atom stereocenters. The number of benzene rings is 1. The number of hydrogen-bond acceptors (Lipinski definition) is 4. The first-order valence-electron chi connectivity index (χ1n) is 9.16. The van der Waals surface area contributed by atoms with Gasteiger partial charge in [0.1, 0.15) is 0 Å². The molecule has 3 heterocycles. The maximum absolute atomic E-state index is 13.1. The summed E-state index contributed by atoms with van der Waals surface area (Å²) in [5, 5.41) is 0. The molecule has 0 aliphatic carbocycles. The highest BCUT2D eigenvalue weighted by Gasteiger charge is 2.38. The molecule has 4 rings (SSSR count). The van der Waals surface area contributed by atoms with Crippen LogP contribution in [0.5, 0.6) is 0 Å². The molecule has 2 atom stereocenters. The summed E-state index contributed by atoms with van der Waals surface area (Å²) < 4.78 is 11.4. The van der Waals surface area contributed by atoms with Crippen molar-refractivity contribution in [2.75, 3.05) is 37.7 Å². The van der Waals surface area contributed by atoms with Crippen molar-refractivity contribution in [1.82, 2.24) is 4.90 Å². The van der Waals surface area contributed by atoms with E-state index in [1.165, 1.54) is 0 Å². The maximum Gasteiger partial charge on any atom is 0.244 e. The first-order chi connectivity index (χ1) is 11.8. The largest absolute Gasteiger partial charge is 0.350 e. The molecule has 0 spiro atoms. The summed E-state index contributed by atoms with van der Waals surface area (Å²) in [6.07, 6.45) is 4.19. The first kappa shape index (κ1) is 16.1. The van der Waals surface area contributed by atoms with Crippen LogP contribution in [0, 0.1) is 5.92 Å². The van der Waals surface area contributed by atoms with Crippen molar-refractivity contribution in [1.29, 1.82) is 0 Å². The molecule has 3 aliphatic heterocycles. The minimum atomic E-state index is -0.0725. The summed E-state index contributed by atoms with van der Waals surface area (Å²) in [4.78, 5) is 17.4. The Morgan fingerprint density at radius 3 is 2.50 bits per heavy atom. The zero-order valence-electron chi connectivity index (χ0n) is 14.1. The number of hydrogen-bond donors (Lipinski definition) is 0. The fraction of sp³-hybridized carbons (Fsp3) is 0.632. The van der Waals surface area contributed by atoms with E-state index in [-0.39, 0.29) is 18.2 Å². The topological polar surface area (TPSA) is 42.0 Å². The molecule has 1 aromatic carbocycles. The maximum atomic E-state index is 13.1. The van der Waals surface area contributed by atoms with Gasteiger partial charge in [-0.25, -0.2) is 0 Å². The predicted molar refractivity (Wildman–Crippen MR) is 91.8 cm³/mol. The van der Waals surface area contributed by atoms with Gasteiger partial charge < -0.3 is 14.4 Å². The molecule has 1 aromatic rings. The Hall–Kier alpha value is -1.43. The zero-order chi connectivity index (χ0) is 16.4. The van der Waals surface area contributed by atoms with E-state index in [0.29, 0.717) is 19.1 Å². The molecular formula is C19H26N2O3. The number of amides is 1. The lowest BCUT2D eigenvalue weighted by atomic mass is 9.93. The molecule has 3 aliphatic rings. The molecule has 5 nitrogen and oxygen atoms in total. The second-order valence-corrected chi connectivity index (χ2v) is 6.99. The lowest BCUT2D eigenvalue weighted by molar-refractivity contribution is -0.130. The van der Waals surface area contributed by atoms with Crippen molar-refractivity contribution >= 4 is 11.6 Å². The van der Waals surface area contributed by atoms with Gasteiger partial charge in [0.15, 0.2) is 6.29 Å². The standard InChI is InChI=1S/C19H26N2O3/c22-18-17(9-5-11-21(18)16-7-2-1-3-8-16)20-10-4-6-15(14-20)19-23-12-13-24-19/h1-3,7-8,15,17,19H,4-6,9-14H2/t15-,17+/m1/s1. The Morgan fingerprint density at radius 2 is 1.71 bits per heavy atom. The fourth-order valence-electron chi connectivity index (χ4n) is 4.25.